The van der Waals surface area contributed by atoms with E-state index < -0.39 is 0 Å². The molecule has 1 atom stereocenters. The average Bonchev–Trinajstić information content (AvgIpc) is 3.18. The molecule has 1 aliphatic rings. The third-order valence-corrected chi connectivity index (χ3v) is 5.70. The Kier molecular flexibility index (Phi) is 8.55. The number of amides is 1. The Balaban J connectivity index is 1.77. The first-order valence-electron chi connectivity index (χ1n) is 10.2. The van der Waals surface area contributed by atoms with Crippen molar-refractivity contribution >= 4 is 11.9 Å². The molecule has 1 amide bonds. The van der Waals surface area contributed by atoms with Gasteiger partial charge in [0.1, 0.15) is 0 Å². The molecule has 2 rings (SSSR count). The lowest BCUT2D eigenvalue weighted by molar-refractivity contribution is -0.128. The van der Waals surface area contributed by atoms with Crippen molar-refractivity contribution in [3.8, 4) is 0 Å². The van der Waals surface area contributed by atoms with E-state index in [1.165, 1.54) is 19.3 Å². The van der Waals surface area contributed by atoms with Gasteiger partial charge in [-0.05, 0) is 30.4 Å². The van der Waals surface area contributed by atoms with Crippen molar-refractivity contribution in [3.63, 3.8) is 0 Å². The molecule has 1 aromatic rings. The fourth-order valence-electron chi connectivity index (χ4n) is 3.89. The van der Waals surface area contributed by atoms with Crippen LogP contribution in [0.1, 0.15) is 38.8 Å². The molecule has 0 aliphatic carbocycles. The van der Waals surface area contributed by atoms with Gasteiger partial charge in [-0.2, -0.15) is 0 Å². The zero-order valence-corrected chi connectivity index (χ0v) is 17.3. The Bertz CT molecular complexity index is 600. The standard InChI is InChI=1S/C21H35N5O/c1-5-17(6-2)18-10-14-26(16-18)21(22-3)24-15-20(27)25(4)13-11-19-9-7-8-12-23-19/h7-9,12,17-18H,5-6,10-11,13-16H2,1-4H3,(H,22,24). The fourth-order valence-corrected chi connectivity index (χ4v) is 3.89. The number of rotatable bonds is 8. The molecule has 0 radical (unpaired) electrons. The highest BCUT2D eigenvalue weighted by Crippen LogP contribution is 2.28. The summed E-state index contributed by atoms with van der Waals surface area (Å²) in [5.41, 5.74) is 1.01. The first-order valence-corrected chi connectivity index (χ1v) is 10.2. The lowest BCUT2D eigenvalue weighted by Gasteiger charge is -2.25. The molecule has 0 saturated carbocycles. The SMILES string of the molecule is CCC(CC)C1CCN(C(=NC)NCC(=O)N(C)CCc2ccccn2)C1. The third kappa shape index (κ3) is 6.22. The minimum Gasteiger partial charge on any atom is -0.347 e. The summed E-state index contributed by atoms with van der Waals surface area (Å²) in [4.78, 5) is 25.2. The minimum absolute atomic E-state index is 0.0721. The number of hydrogen-bond acceptors (Lipinski definition) is 3. The van der Waals surface area contributed by atoms with E-state index in [9.17, 15) is 4.79 Å². The van der Waals surface area contributed by atoms with E-state index in [1.54, 1.807) is 18.1 Å². The molecule has 27 heavy (non-hydrogen) atoms. The maximum Gasteiger partial charge on any atom is 0.241 e. The molecular weight excluding hydrogens is 338 g/mol. The van der Waals surface area contributed by atoms with Gasteiger partial charge in [0.05, 0.1) is 6.54 Å². The van der Waals surface area contributed by atoms with Gasteiger partial charge in [0.15, 0.2) is 5.96 Å². The van der Waals surface area contributed by atoms with E-state index in [-0.39, 0.29) is 12.5 Å². The number of nitrogens with one attached hydrogen (secondary N) is 1. The molecule has 2 heterocycles. The van der Waals surface area contributed by atoms with Crippen molar-refractivity contribution < 1.29 is 4.79 Å². The van der Waals surface area contributed by atoms with Gasteiger partial charge in [0, 0.05) is 52.0 Å². The van der Waals surface area contributed by atoms with Crippen LogP contribution in [0.15, 0.2) is 29.4 Å². The van der Waals surface area contributed by atoms with Crippen molar-refractivity contribution in [1.29, 1.82) is 0 Å². The number of carbonyl (C=O) groups is 1. The number of likely N-dealkylation sites (tertiary alicyclic amines) is 1. The number of pyridine rings is 1. The van der Waals surface area contributed by atoms with Gasteiger partial charge in [0.25, 0.3) is 0 Å². The number of aromatic nitrogens is 1. The van der Waals surface area contributed by atoms with Crippen LogP contribution >= 0.6 is 0 Å². The highest BCUT2D eigenvalue weighted by Gasteiger charge is 2.29. The first-order chi connectivity index (χ1) is 13.1. The van der Waals surface area contributed by atoms with Crippen LogP contribution in [0.4, 0.5) is 0 Å². The Labute approximate surface area is 164 Å². The van der Waals surface area contributed by atoms with Crippen LogP contribution in [0.5, 0.6) is 0 Å². The average molecular weight is 374 g/mol. The Morgan fingerprint density at radius 1 is 1.41 bits per heavy atom. The van der Waals surface area contributed by atoms with E-state index in [2.05, 4.69) is 34.0 Å². The number of aliphatic imine (C=N–C) groups is 1. The van der Waals surface area contributed by atoms with E-state index in [4.69, 9.17) is 0 Å². The van der Waals surface area contributed by atoms with Crippen LogP contribution in [0.25, 0.3) is 0 Å². The summed E-state index contributed by atoms with van der Waals surface area (Å²) in [6, 6.07) is 5.86. The highest BCUT2D eigenvalue weighted by molar-refractivity contribution is 5.86. The maximum atomic E-state index is 12.4. The number of nitrogens with zero attached hydrogens (tertiary/aromatic N) is 4. The lowest BCUT2D eigenvalue weighted by Crippen LogP contribution is -2.45. The van der Waals surface area contributed by atoms with Crippen LogP contribution < -0.4 is 5.32 Å². The molecule has 0 aromatic carbocycles. The molecule has 6 nitrogen and oxygen atoms in total. The monoisotopic (exact) mass is 373 g/mol. The normalized spacial score (nSPS) is 17.4. The third-order valence-electron chi connectivity index (χ3n) is 5.70. The van der Waals surface area contributed by atoms with E-state index in [1.807, 2.05) is 25.2 Å². The zero-order valence-electron chi connectivity index (χ0n) is 17.3. The van der Waals surface area contributed by atoms with Gasteiger partial charge >= 0.3 is 0 Å². The summed E-state index contributed by atoms with van der Waals surface area (Å²) in [6.45, 7) is 7.56. The van der Waals surface area contributed by atoms with Crippen LogP contribution in [-0.2, 0) is 11.2 Å². The number of likely N-dealkylation sites (N-methyl/N-ethyl adjacent to an activating group) is 1. The molecule has 1 unspecified atom stereocenters. The van der Waals surface area contributed by atoms with E-state index in [0.29, 0.717) is 6.54 Å². The van der Waals surface area contributed by atoms with Crippen molar-refractivity contribution in [3.05, 3.63) is 30.1 Å². The molecule has 0 bridgehead atoms. The fraction of sp³-hybridized carbons (Fsp3) is 0.667. The van der Waals surface area contributed by atoms with Gasteiger partial charge in [0.2, 0.25) is 5.91 Å². The summed E-state index contributed by atoms with van der Waals surface area (Å²) < 4.78 is 0. The number of carbonyl (C=O) groups excluding carboxylic acids is 1. The smallest absolute Gasteiger partial charge is 0.241 e. The van der Waals surface area contributed by atoms with Gasteiger partial charge in [-0.1, -0.05) is 32.8 Å². The molecule has 1 aromatic heterocycles. The van der Waals surface area contributed by atoms with Crippen LogP contribution in [0, 0.1) is 11.8 Å². The topological polar surface area (TPSA) is 60.8 Å². The van der Waals surface area contributed by atoms with Crippen LogP contribution in [0.3, 0.4) is 0 Å². The Hall–Kier alpha value is -2.11. The maximum absolute atomic E-state index is 12.4. The molecule has 1 aliphatic heterocycles. The molecule has 150 valence electrons. The predicted molar refractivity (Wildman–Crippen MR) is 111 cm³/mol. The summed E-state index contributed by atoms with van der Waals surface area (Å²) in [5.74, 6) is 2.43. The van der Waals surface area contributed by atoms with Gasteiger partial charge < -0.3 is 15.1 Å². The van der Waals surface area contributed by atoms with Crippen molar-refractivity contribution in [2.24, 2.45) is 16.8 Å². The second-order valence-corrected chi connectivity index (χ2v) is 7.36. The number of hydrogen-bond donors (Lipinski definition) is 1. The summed E-state index contributed by atoms with van der Waals surface area (Å²) in [7, 11) is 3.64. The minimum atomic E-state index is 0.0721. The van der Waals surface area contributed by atoms with Crippen molar-refractivity contribution in [2.75, 3.05) is 40.3 Å². The van der Waals surface area contributed by atoms with Gasteiger partial charge in [-0.3, -0.25) is 14.8 Å². The zero-order chi connectivity index (χ0) is 19.6. The van der Waals surface area contributed by atoms with Crippen molar-refractivity contribution in [1.82, 2.24) is 20.1 Å². The van der Waals surface area contributed by atoms with E-state index >= 15 is 0 Å². The van der Waals surface area contributed by atoms with Gasteiger partial charge in [-0.25, -0.2) is 0 Å². The second-order valence-electron chi connectivity index (χ2n) is 7.36. The quantitative estimate of drug-likeness (QED) is 0.562. The summed E-state index contributed by atoms with van der Waals surface area (Å²) in [5, 5.41) is 3.25. The predicted octanol–water partition coefficient (Wildman–Crippen LogP) is 2.42. The molecule has 1 fully saturated rings. The Morgan fingerprint density at radius 3 is 2.81 bits per heavy atom. The van der Waals surface area contributed by atoms with Crippen LogP contribution in [-0.4, -0.2) is 66.9 Å². The summed E-state index contributed by atoms with van der Waals surface area (Å²) in [6.07, 6.45) is 6.24. The molecule has 1 saturated heterocycles. The largest absolute Gasteiger partial charge is 0.347 e. The number of guanidine groups is 1. The Morgan fingerprint density at radius 2 is 2.19 bits per heavy atom. The lowest BCUT2D eigenvalue weighted by atomic mass is 9.87. The molecule has 0 spiro atoms. The van der Waals surface area contributed by atoms with E-state index in [0.717, 1.165) is 43.0 Å². The molecule has 6 heteroatoms. The molecule has 1 N–H and O–H groups in total. The van der Waals surface area contributed by atoms with Crippen LogP contribution in [0.2, 0.25) is 0 Å². The molecular formula is C21H35N5O. The second kappa shape index (κ2) is 10.9. The summed E-state index contributed by atoms with van der Waals surface area (Å²) >= 11 is 0. The van der Waals surface area contributed by atoms with Gasteiger partial charge in [-0.15, -0.1) is 0 Å². The first kappa shape index (κ1) is 21.2. The van der Waals surface area contributed by atoms with Crippen molar-refractivity contribution in [2.45, 2.75) is 39.5 Å². The highest BCUT2D eigenvalue weighted by atomic mass is 16.2.